The lowest BCUT2D eigenvalue weighted by Crippen LogP contribution is -2.28. The van der Waals surface area contributed by atoms with Gasteiger partial charge in [-0.2, -0.15) is 5.26 Å². The number of nitriles is 1. The summed E-state index contributed by atoms with van der Waals surface area (Å²) in [4.78, 5) is 12.8. The molecule has 2 aromatic carbocycles. The maximum absolute atomic E-state index is 12.8. The van der Waals surface area contributed by atoms with Gasteiger partial charge >= 0.3 is 0 Å². The number of carbonyl (C=O) groups is 1. The molecule has 9 nitrogen and oxygen atoms in total. The highest BCUT2D eigenvalue weighted by atomic mass is 32.2. The third kappa shape index (κ3) is 4.36. The molecule has 0 fully saturated rings. The van der Waals surface area contributed by atoms with Crippen molar-refractivity contribution in [2.45, 2.75) is 12.5 Å². The quantitative estimate of drug-likeness (QED) is 0.693. The third-order valence-corrected chi connectivity index (χ3v) is 6.20. The molecule has 164 valence electrons. The molecule has 1 N–H and O–H groups in total. The van der Waals surface area contributed by atoms with Crippen molar-refractivity contribution in [3.05, 3.63) is 47.0 Å². The Morgan fingerprint density at radius 1 is 1.13 bits per heavy atom. The van der Waals surface area contributed by atoms with Crippen molar-refractivity contribution in [3.63, 3.8) is 0 Å². The summed E-state index contributed by atoms with van der Waals surface area (Å²) in [6, 6.07) is 9.10. The Kier molecular flexibility index (Phi) is 6.27. The van der Waals surface area contributed by atoms with Gasteiger partial charge in [-0.1, -0.05) is 0 Å². The molecule has 3 rings (SSSR count). The molecule has 1 aliphatic rings. The van der Waals surface area contributed by atoms with Gasteiger partial charge in [-0.15, -0.1) is 0 Å². The number of sulfonamides is 1. The Morgan fingerprint density at radius 3 is 2.29 bits per heavy atom. The molecule has 1 aliphatic heterocycles. The van der Waals surface area contributed by atoms with E-state index in [9.17, 15) is 18.5 Å². The van der Waals surface area contributed by atoms with E-state index < -0.39 is 22.0 Å². The SMILES string of the molecule is COc1cc(C(C#N)NC(=O)c2ccc3c(c2)CCN3S(C)(=O)=O)cc(OC)c1OC. The van der Waals surface area contributed by atoms with Crippen LogP contribution in [0.25, 0.3) is 0 Å². The number of benzene rings is 2. The molecule has 0 saturated carbocycles. The molecule has 1 atom stereocenters. The fourth-order valence-corrected chi connectivity index (χ4v) is 4.49. The molecular weight excluding hydrogens is 422 g/mol. The average Bonchev–Trinajstić information content (AvgIpc) is 3.20. The first-order chi connectivity index (χ1) is 14.7. The maximum atomic E-state index is 12.8. The number of rotatable bonds is 7. The predicted octanol–water partition coefficient (Wildman–Crippen LogP) is 2.03. The van der Waals surface area contributed by atoms with Gasteiger partial charge in [0.1, 0.15) is 6.04 Å². The fraction of sp³-hybridized carbons (Fsp3) is 0.333. The molecule has 10 heteroatoms. The van der Waals surface area contributed by atoms with Crippen LogP contribution in [-0.2, 0) is 16.4 Å². The number of carbonyl (C=O) groups excluding carboxylic acids is 1. The predicted molar refractivity (Wildman–Crippen MR) is 114 cm³/mol. The summed E-state index contributed by atoms with van der Waals surface area (Å²) in [6.45, 7) is 0.339. The van der Waals surface area contributed by atoms with Crippen LogP contribution in [-0.4, -0.2) is 48.5 Å². The van der Waals surface area contributed by atoms with Gasteiger partial charge < -0.3 is 19.5 Å². The van der Waals surface area contributed by atoms with Crippen LogP contribution in [0.3, 0.4) is 0 Å². The second-order valence-corrected chi connectivity index (χ2v) is 8.83. The lowest BCUT2D eigenvalue weighted by Gasteiger charge is -2.18. The van der Waals surface area contributed by atoms with Crippen LogP contribution >= 0.6 is 0 Å². The zero-order chi connectivity index (χ0) is 22.8. The Hall–Kier alpha value is -3.45. The molecule has 0 saturated heterocycles. The highest BCUT2D eigenvalue weighted by molar-refractivity contribution is 7.92. The van der Waals surface area contributed by atoms with Crippen molar-refractivity contribution >= 4 is 21.6 Å². The monoisotopic (exact) mass is 445 g/mol. The van der Waals surface area contributed by atoms with Gasteiger partial charge in [0.15, 0.2) is 11.5 Å². The minimum atomic E-state index is -3.37. The van der Waals surface area contributed by atoms with Gasteiger partial charge in [-0.25, -0.2) is 8.42 Å². The van der Waals surface area contributed by atoms with Crippen molar-refractivity contribution in [2.24, 2.45) is 0 Å². The first kappa shape index (κ1) is 22.2. The van der Waals surface area contributed by atoms with E-state index in [2.05, 4.69) is 11.4 Å². The van der Waals surface area contributed by atoms with E-state index in [1.807, 2.05) is 0 Å². The Bertz CT molecular complexity index is 1130. The first-order valence-electron chi connectivity index (χ1n) is 9.34. The van der Waals surface area contributed by atoms with E-state index in [1.165, 1.54) is 25.6 Å². The van der Waals surface area contributed by atoms with Gasteiger partial charge in [0, 0.05) is 12.1 Å². The van der Waals surface area contributed by atoms with Gasteiger partial charge in [-0.05, 0) is 47.9 Å². The van der Waals surface area contributed by atoms with Gasteiger partial charge in [0.05, 0.1) is 39.3 Å². The maximum Gasteiger partial charge on any atom is 0.252 e. The summed E-state index contributed by atoms with van der Waals surface area (Å²) < 4.78 is 41.0. The Labute approximate surface area is 181 Å². The zero-order valence-electron chi connectivity index (χ0n) is 17.6. The number of ether oxygens (including phenoxy) is 3. The second-order valence-electron chi connectivity index (χ2n) is 6.92. The van der Waals surface area contributed by atoms with Crippen LogP contribution in [0.15, 0.2) is 30.3 Å². The number of nitrogens with one attached hydrogen (secondary N) is 1. The van der Waals surface area contributed by atoms with Crippen LogP contribution in [0.1, 0.15) is 27.5 Å². The molecular formula is C21H23N3O6S. The summed E-state index contributed by atoms with van der Waals surface area (Å²) >= 11 is 0. The summed E-state index contributed by atoms with van der Waals surface area (Å²) in [5.74, 6) is 0.654. The van der Waals surface area contributed by atoms with E-state index in [4.69, 9.17) is 14.2 Å². The molecule has 1 unspecified atom stereocenters. The smallest absolute Gasteiger partial charge is 0.252 e. The first-order valence-corrected chi connectivity index (χ1v) is 11.2. The number of methoxy groups -OCH3 is 3. The van der Waals surface area contributed by atoms with Crippen molar-refractivity contribution in [3.8, 4) is 23.3 Å². The summed E-state index contributed by atoms with van der Waals surface area (Å²) in [6.07, 6.45) is 1.66. The van der Waals surface area contributed by atoms with Crippen LogP contribution in [0.4, 0.5) is 5.69 Å². The van der Waals surface area contributed by atoms with E-state index >= 15 is 0 Å². The van der Waals surface area contributed by atoms with Crippen molar-refractivity contribution in [1.29, 1.82) is 5.26 Å². The molecule has 0 bridgehead atoms. The molecule has 0 radical (unpaired) electrons. The molecule has 0 spiro atoms. The second kappa shape index (κ2) is 8.73. The normalized spacial score (nSPS) is 13.7. The van der Waals surface area contributed by atoms with Crippen LogP contribution in [0.5, 0.6) is 17.2 Å². The van der Waals surface area contributed by atoms with Crippen molar-refractivity contribution in [1.82, 2.24) is 5.32 Å². The zero-order valence-corrected chi connectivity index (χ0v) is 18.4. The summed E-state index contributed by atoms with van der Waals surface area (Å²) in [7, 11) is 1.03. The van der Waals surface area contributed by atoms with Crippen molar-refractivity contribution in [2.75, 3.05) is 38.4 Å². The highest BCUT2D eigenvalue weighted by Crippen LogP contribution is 2.39. The lowest BCUT2D eigenvalue weighted by atomic mass is 10.0. The summed E-state index contributed by atoms with van der Waals surface area (Å²) in [5, 5.41) is 12.3. The minimum absolute atomic E-state index is 0.335. The van der Waals surface area contributed by atoms with Gasteiger partial charge in [0.2, 0.25) is 15.8 Å². The molecule has 0 aromatic heterocycles. The van der Waals surface area contributed by atoms with Gasteiger partial charge in [0.25, 0.3) is 5.91 Å². The van der Waals surface area contributed by atoms with Gasteiger partial charge in [-0.3, -0.25) is 9.10 Å². The molecule has 0 aliphatic carbocycles. The van der Waals surface area contributed by atoms with E-state index in [0.29, 0.717) is 47.0 Å². The Morgan fingerprint density at radius 2 is 1.77 bits per heavy atom. The largest absolute Gasteiger partial charge is 0.493 e. The molecule has 2 aromatic rings. The number of fused-ring (bicyclic) bond motifs is 1. The standard InChI is InChI=1S/C21H23N3O6S/c1-28-18-10-15(11-19(29-2)20(18)30-3)16(12-22)23-21(25)14-5-6-17-13(9-14)7-8-24(17)31(4,26)27/h5-6,9-11,16H,7-8H2,1-4H3,(H,23,25). The third-order valence-electron chi connectivity index (χ3n) is 5.02. The highest BCUT2D eigenvalue weighted by Gasteiger charge is 2.27. The summed E-state index contributed by atoms with van der Waals surface area (Å²) in [5.41, 5.74) is 2.14. The molecule has 1 amide bonds. The topological polar surface area (TPSA) is 118 Å². The number of nitrogens with zero attached hydrogens (tertiary/aromatic N) is 2. The molecule has 1 heterocycles. The number of hydrogen-bond donors (Lipinski definition) is 1. The minimum Gasteiger partial charge on any atom is -0.493 e. The van der Waals surface area contributed by atoms with E-state index in [1.54, 1.807) is 30.3 Å². The fourth-order valence-electron chi connectivity index (χ4n) is 3.53. The Balaban J connectivity index is 1.87. The van der Waals surface area contributed by atoms with Crippen LogP contribution in [0, 0.1) is 11.3 Å². The number of anilines is 1. The van der Waals surface area contributed by atoms with E-state index in [0.717, 1.165) is 11.8 Å². The van der Waals surface area contributed by atoms with Crippen LogP contribution in [0.2, 0.25) is 0 Å². The number of amides is 1. The molecule has 31 heavy (non-hydrogen) atoms. The van der Waals surface area contributed by atoms with Crippen molar-refractivity contribution < 1.29 is 27.4 Å². The number of hydrogen-bond acceptors (Lipinski definition) is 7. The average molecular weight is 445 g/mol. The lowest BCUT2D eigenvalue weighted by molar-refractivity contribution is 0.0945. The van der Waals surface area contributed by atoms with Crippen LogP contribution < -0.4 is 23.8 Å². The van der Waals surface area contributed by atoms with E-state index in [-0.39, 0.29) is 0 Å².